The zero-order chi connectivity index (χ0) is 23.5. The van der Waals surface area contributed by atoms with E-state index in [1.807, 2.05) is 71.9 Å². The highest BCUT2D eigenvalue weighted by molar-refractivity contribution is 5.76. The minimum absolute atomic E-state index is 0.0313. The fraction of sp³-hybridized carbons (Fsp3) is 0.680. The van der Waals surface area contributed by atoms with Crippen LogP contribution in [0.5, 0.6) is 0 Å². The standard InChI is InChI=1S/C25H41NO5/c1-24(2,3)22(23(28)29-7)26-20(15-16-21(27)31-25(4,5)6)14-11-17-30-18-19-12-9-8-10-13-19/h8-10,12-13,20,22,26H,11,14-18H2,1-7H3/t20?,22-/m1/s1. The molecule has 1 aromatic rings. The van der Waals surface area contributed by atoms with Crippen LogP contribution < -0.4 is 5.32 Å². The van der Waals surface area contributed by atoms with E-state index in [0.717, 1.165) is 18.4 Å². The summed E-state index contributed by atoms with van der Waals surface area (Å²) in [6, 6.07) is 9.55. The molecule has 0 saturated carbocycles. The van der Waals surface area contributed by atoms with E-state index in [9.17, 15) is 9.59 Å². The van der Waals surface area contributed by atoms with Gasteiger partial charge < -0.3 is 19.5 Å². The Hall–Kier alpha value is -1.92. The second-order valence-electron chi connectivity index (χ2n) is 9.99. The van der Waals surface area contributed by atoms with Gasteiger partial charge in [-0.3, -0.25) is 9.59 Å². The predicted molar refractivity (Wildman–Crippen MR) is 123 cm³/mol. The first-order valence-electron chi connectivity index (χ1n) is 11.1. The van der Waals surface area contributed by atoms with Crippen molar-refractivity contribution in [2.45, 2.75) is 91.5 Å². The van der Waals surface area contributed by atoms with Crippen molar-refractivity contribution in [3.8, 4) is 0 Å². The number of carbonyl (C=O) groups is 2. The Bertz CT molecular complexity index is 661. The van der Waals surface area contributed by atoms with Crippen LogP contribution in [0.15, 0.2) is 30.3 Å². The average Bonchev–Trinajstić information content (AvgIpc) is 2.67. The number of ether oxygens (including phenoxy) is 3. The molecular formula is C25H41NO5. The van der Waals surface area contributed by atoms with E-state index in [0.29, 0.717) is 19.6 Å². The number of benzene rings is 1. The normalized spacial score (nSPS) is 14.0. The zero-order valence-corrected chi connectivity index (χ0v) is 20.3. The molecule has 6 nitrogen and oxygen atoms in total. The van der Waals surface area contributed by atoms with Gasteiger partial charge in [0, 0.05) is 19.1 Å². The fourth-order valence-electron chi connectivity index (χ4n) is 3.22. The summed E-state index contributed by atoms with van der Waals surface area (Å²) in [4.78, 5) is 24.6. The molecule has 0 saturated heterocycles. The van der Waals surface area contributed by atoms with Crippen LogP contribution in [-0.4, -0.2) is 43.3 Å². The van der Waals surface area contributed by atoms with E-state index in [1.54, 1.807) is 0 Å². The highest BCUT2D eigenvalue weighted by Crippen LogP contribution is 2.22. The van der Waals surface area contributed by atoms with E-state index in [-0.39, 0.29) is 29.8 Å². The molecular weight excluding hydrogens is 394 g/mol. The van der Waals surface area contributed by atoms with Gasteiger partial charge >= 0.3 is 11.9 Å². The zero-order valence-electron chi connectivity index (χ0n) is 20.3. The van der Waals surface area contributed by atoms with E-state index >= 15 is 0 Å². The molecule has 0 aliphatic heterocycles. The number of hydrogen-bond acceptors (Lipinski definition) is 6. The Morgan fingerprint density at radius 1 is 1.00 bits per heavy atom. The van der Waals surface area contributed by atoms with Crippen LogP contribution in [0.2, 0.25) is 0 Å². The molecule has 31 heavy (non-hydrogen) atoms. The molecule has 1 aromatic carbocycles. The molecule has 0 radical (unpaired) electrons. The maximum Gasteiger partial charge on any atom is 0.323 e. The average molecular weight is 436 g/mol. The Balaban J connectivity index is 2.65. The Kier molecular flexibility index (Phi) is 11.2. The lowest BCUT2D eigenvalue weighted by Crippen LogP contribution is -2.51. The van der Waals surface area contributed by atoms with Gasteiger partial charge in [-0.15, -0.1) is 0 Å². The lowest BCUT2D eigenvalue weighted by molar-refractivity contribution is -0.155. The van der Waals surface area contributed by atoms with Gasteiger partial charge in [-0.05, 0) is 51.0 Å². The van der Waals surface area contributed by atoms with Gasteiger partial charge in [0.05, 0.1) is 13.7 Å². The third-order valence-electron chi connectivity index (χ3n) is 4.78. The van der Waals surface area contributed by atoms with Gasteiger partial charge in [-0.1, -0.05) is 51.1 Å². The lowest BCUT2D eigenvalue weighted by atomic mass is 9.85. The van der Waals surface area contributed by atoms with E-state index in [2.05, 4.69) is 5.32 Å². The molecule has 0 aliphatic carbocycles. The Morgan fingerprint density at radius 2 is 1.65 bits per heavy atom. The van der Waals surface area contributed by atoms with Crippen LogP contribution >= 0.6 is 0 Å². The van der Waals surface area contributed by atoms with Crippen LogP contribution in [0, 0.1) is 5.41 Å². The topological polar surface area (TPSA) is 73.9 Å². The summed E-state index contributed by atoms with van der Waals surface area (Å²) in [5.41, 5.74) is 0.312. The van der Waals surface area contributed by atoms with Gasteiger partial charge in [-0.2, -0.15) is 0 Å². The number of esters is 2. The van der Waals surface area contributed by atoms with Crippen molar-refractivity contribution in [3.63, 3.8) is 0 Å². The SMILES string of the molecule is COC(=O)[C@@H](NC(CCCOCc1ccccc1)CCC(=O)OC(C)(C)C)C(C)(C)C. The van der Waals surface area contributed by atoms with Gasteiger partial charge in [-0.25, -0.2) is 0 Å². The highest BCUT2D eigenvalue weighted by Gasteiger charge is 2.34. The van der Waals surface area contributed by atoms with Crippen LogP contribution in [-0.2, 0) is 30.4 Å². The fourth-order valence-corrected chi connectivity index (χ4v) is 3.22. The van der Waals surface area contributed by atoms with Crippen molar-refractivity contribution in [2.24, 2.45) is 5.41 Å². The second-order valence-corrected chi connectivity index (χ2v) is 9.99. The van der Waals surface area contributed by atoms with E-state index < -0.39 is 11.6 Å². The molecule has 2 atom stereocenters. The van der Waals surface area contributed by atoms with Crippen molar-refractivity contribution < 1.29 is 23.8 Å². The van der Waals surface area contributed by atoms with E-state index in [1.165, 1.54) is 7.11 Å². The van der Waals surface area contributed by atoms with Crippen molar-refractivity contribution in [1.29, 1.82) is 0 Å². The van der Waals surface area contributed by atoms with Gasteiger partial charge in [0.1, 0.15) is 11.6 Å². The number of rotatable bonds is 12. The predicted octanol–water partition coefficient (Wildman–Crippen LogP) is 4.65. The molecule has 0 aliphatic rings. The van der Waals surface area contributed by atoms with Gasteiger partial charge in [0.2, 0.25) is 0 Å². The molecule has 0 spiro atoms. The van der Waals surface area contributed by atoms with E-state index in [4.69, 9.17) is 14.2 Å². The van der Waals surface area contributed by atoms with Crippen molar-refractivity contribution in [1.82, 2.24) is 5.32 Å². The molecule has 0 fully saturated rings. The molecule has 176 valence electrons. The number of methoxy groups -OCH3 is 1. The van der Waals surface area contributed by atoms with Crippen LogP contribution in [0.1, 0.15) is 72.8 Å². The molecule has 0 heterocycles. The quantitative estimate of drug-likeness (QED) is 0.380. The smallest absolute Gasteiger partial charge is 0.323 e. The largest absolute Gasteiger partial charge is 0.468 e. The highest BCUT2D eigenvalue weighted by atomic mass is 16.6. The van der Waals surface area contributed by atoms with Crippen LogP contribution in [0.4, 0.5) is 0 Å². The first-order valence-corrected chi connectivity index (χ1v) is 11.1. The minimum Gasteiger partial charge on any atom is -0.468 e. The summed E-state index contributed by atoms with van der Waals surface area (Å²) in [5.74, 6) is -0.528. The number of carbonyl (C=O) groups excluding carboxylic acids is 2. The molecule has 1 unspecified atom stereocenters. The summed E-state index contributed by atoms with van der Waals surface area (Å²) < 4.78 is 16.2. The number of hydrogen-bond donors (Lipinski definition) is 1. The maximum absolute atomic E-state index is 12.4. The lowest BCUT2D eigenvalue weighted by Gasteiger charge is -2.33. The first kappa shape index (κ1) is 27.1. The Labute approximate surface area is 188 Å². The van der Waals surface area contributed by atoms with Gasteiger partial charge in [0.15, 0.2) is 0 Å². The summed E-state index contributed by atoms with van der Waals surface area (Å²) in [6.07, 6.45) is 2.47. The third kappa shape index (κ3) is 11.9. The second kappa shape index (κ2) is 12.8. The molecule has 0 aromatic heterocycles. The van der Waals surface area contributed by atoms with Crippen molar-refractivity contribution >= 4 is 11.9 Å². The summed E-state index contributed by atoms with van der Waals surface area (Å²) in [5, 5.41) is 3.43. The molecule has 6 heteroatoms. The molecule has 0 bridgehead atoms. The summed E-state index contributed by atoms with van der Waals surface area (Å²) in [7, 11) is 1.40. The third-order valence-corrected chi connectivity index (χ3v) is 4.78. The summed E-state index contributed by atoms with van der Waals surface area (Å²) in [6.45, 7) is 12.7. The van der Waals surface area contributed by atoms with Crippen molar-refractivity contribution in [2.75, 3.05) is 13.7 Å². The molecule has 1 rings (SSSR count). The van der Waals surface area contributed by atoms with Crippen molar-refractivity contribution in [3.05, 3.63) is 35.9 Å². The molecule has 0 amide bonds. The molecule has 1 N–H and O–H groups in total. The minimum atomic E-state index is -0.509. The Morgan fingerprint density at radius 3 is 2.19 bits per heavy atom. The first-order chi connectivity index (χ1) is 14.4. The van der Waals surface area contributed by atoms with Crippen LogP contribution in [0.3, 0.4) is 0 Å². The summed E-state index contributed by atoms with van der Waals surface area (Å²) >= 11 is 0. The maximum atomic E-state index is 12.4. The number of nitrogens with one attached hydrogen (secondary N) is 1. The van der Waals surface area contributed by atoms with Crippen LogP contribution in [0.25, 0.3) is 0 Å². The van der Waals surface area contributed by atoms with Gasteiger partial charge in [0.25, 0.3) is 0 Å². The monoisotopic (exact) mass is 435 g/mol.